The van der Waals surface area contributed by atoms with Gasteiger partial charge in [-0.1, -0.05) is 6.07 Å². The van der Waals surface area contributed by atoms with Crippen molar-refractivity contribution in [2.45, 2.75) is 25.7 Å². The van der Waals surface area contributed by atoms with Gasteiger partial charge in [0, 0.05) is 17.6 Å². The van der Waals surface area contributed by atoms with Crippen LogP contribution in [-0.2, 0) is 6.42 Å². The van der Waals surface area contributed by atoms with E-state index in [1.165, 1.54) is 48.1 Å². The van der Waals surface area contributed by atoms with E-state index in [0.717, 1.165) is 13.0 Å². The maximum absolute atomic E-state index is 5.57. The predicted octanol–water partition coefficient (Wildman–Crippen LogP) is 2.94. The third-order valence-corrected chi connectivity index (χ3v) is 3.78. The van der Waals surface area contributed by atoms with Crippen LogP contribution in [-0.4, -0.2) is 19.6 Å². The van der Waals surface area contributed by atoms with Crippen LogP contribution in [0.5, 0.6) is 0 Å². The van der Waals surface area contributed by atoms with Crippen LogP contribution in [0.4, 0.5) is 5.69 Å². The smallest absolute Gasteiger partial charge is 0.0510 e. The van der Waals surface area contributed by atoms with Crippen LogP contribution in [0.15, 0.2) is 22.7 Å². The fraction of sp³-hybridized carbons (Fsp3) is 0.538. The van der Waals surface area contributed by atoms with E-state index in [2.05, 4.69) is 39.0 Å². The van der Waals surface area contributed by atoms with Gasteiger partial charge in [0.2, 0.25) is 0 Å². The lowest BCUT2D eigenvalue weighted by Gasteiger charge is -2.29. The SMILES string of the molecule is NCCc1ccc(N2CCCCC2)c(Br)c1. The van der Waals surface area contributed by atoms with Crippen molar-refractivity contribution in [1.82, 2.24) is 0 Å². The van der Waals surface area contributed by atoms with Crippen LogP contribution in [0, 0.1) is 0 Å². The molecule has 1 aromatic rings. The minimum absolute atomic E-state index is 0.718. The molecule has 1 fully saturated rings. The molecule has 0 atom stereocenters. The molecule has 0 spiro atoms. The van der Waals surface area contributed by atoms with E-state index in [1.807, 2.05) is 0 Å². The summed E-state index contributed by atoms with van der Waals surface area (Å²) in [5.74, 6) is 0. The first kappa shape index (κ1) is 11.9. The molecule has 0 aromatic heterocycles. The molecular formula is C13H19BrN2. The van der Waals surface area contributed by atoms with Crippen molar-refractivity contribution < 1.29 is 0 Å². The zero-order chi connectivity index (χ0) is 11.4. The Morgan fingerprint density at radius 3 is 2.56 bits per heavy atom. The average molecular weight is 283 g/mol. The van der Waals surface area contributed by atoms with Crippen LogP contribution in [0.3, 0.4) is 0 Å². The Labute approximate surface area is 106 Å². The highest BCUT2D eigenvalue weighted by atomic mass is 79.9. The Hall–Kier alpha value is -0.540. The van der Waals surface area contributed by atoms with Gasteiger partial charge in [-0.15, -0.1) is 0 Å². The fourth-order valence-corrected chi connectivity index (χ4v) is 2.94. The summed E-state index contributed by atoms with van der Waals surface area (Å²) in [5.41, 5.74) is 8.21. The second-order valence-corrected chi connectivity index (χ2v) is 5.23. The monoisotopic (exact) mass is 282 g/mol. The van der Waals surface area contributed by atoms with E-state index in [9.17, 15) is 0 Å². The molecule has 0 radical (unpaired) electrons. The van der Waals surface area contributed by atoms with Crippen molar-refractivity contribution in [3.8, 4) is 0 Å². The number of benzene rings is 1. The molecule has 2 nitrogen and oxygen atoms in total. The summed E-state index contributed by atoms with van der Waals surface area (Å²) in [6.45, 7) is 3.10. The van der Waals surface area contributed by atoms with E-state index in [1.54, 1.807) is 0 Å². The first-order valence-corrected chi connectivity index (χ1v) is 6.84. The van der Waals surface area contributed by atoms with Crippen LogP contribution >= 0.6 is 15.9 Å². The second kappa shape index (κ2) is 5.69. The summed E-state index contributed by atoms with van der Waals surface area (Å²) in [5, 5.41) is 0. The Bertz CT molecular complexity index is 346. The fourth-order valence-electron chi connectivity index (χ4n) is 2.26. The summed E-state index contributed by atoms with van der Waals surface area (Å²) >= 11 is 3.67. The minimum atomic E-state index is 0.718. The van der Waals surface area contributed by atoms with E-state index < -0.39 is 0 Å². The van der Waals surface area contributed by atoms with Crippen molar-refractivity contribution in [2.24, 2.45) is 5.73 Å². The molecule has 3 heteroatoms. The number of nitrogens with zero attached hydrogens (tertiary/aromatic N) is 1. The minimum Gasteiger partial charge on any atom is -0.371 e. The molecule has 2 rings (SSSR count). The normalized spacial score (nSPS) is 16.5. The zero-order valence-corrected chi connectivity index (χ0v) is 11.2. The Balaban J connectivity index is 2.14. The van der Waals surface area contributed by atoms with Gasteiger partial charge in [0.05, 0.1) is 5.69 Å². The second-order valence-electron chi connectivity index (χ2n) is 4.37. The molecule has 1 aliphatic heterocycles. The quantitative estimate of drug-likeness (QED) is 0.924. The lowest BCUT2D eigenvalue weighted by atomic mass is 10.1. The Morgan fingerprint density at radius 2 is 1.94 bits per heavy atom. The number of anilines is 1. The van der Waals surface area contributed by atoms with E-state index in [0.29, 0.717) is 0 Å². The summed E-state index contributed by atoms with van der Waals surface area (Å²) < 4.78 is 1.21. The Morgan fingerprint density at radius 1 is 1.19 bits per heavy atom. The van der Waals surface area contributed by atoms with E-state index in [4.69, 9.17) is 5.73 Å². The van der Waals surface area contributed by atoms with Crippen molar-refractivity contribution in [2.75, 3.05) is 24.5 Å². The predicted molar refractivity (Wildman–Crippen MR) is 73.0 cm³/mol. The molecule has 0 aliphatic carbocycles. The summed E-state index contributed by atoms with van der Waals surface area (Å²) in [6, 6.07) is 6.62. The van der Waals surface area contributed by atoms with E-state index in [-0.39, 0.29) is 0 Å². The van der Waals surface area contributed by atoms with Gasteiger partial charge in [0.1, 0.15) is 0 Å². The molecule has 2 N–H and O–H groups in total. The van der Waals surface area contributed by atoms with Gasteiger partial charge < -0.3 is 10.6 Å². The molecule has 0 amide bonds. The van der Waals surface area contributed by atoms with Gasteiger partial charge in [0.15, 0.2) is 0 Å². The van der Waals surface area contributed by atoms with Gasteiger partial charge in [-0.25, -0.2) is 0 Å². The maximum Gasteiger partial charge on any atom is 0.0510 e. The van der Waals surface area contributed by atoms with E-state index >= 15 is 0 Å². The first-order valence-electron chi connectivity index (χ1n) is 6.04. The Kier molecular flexibility index (Phi) is 4.24. The van der Waals surface area contributed by atoms with Crippen LogP contribution < -0.4 is 10.6 Å². The molecule has 1 aliphatic rings. The van der Waals surface area contributed by atoms with Crippen molar-refractivity contribution in [3.63, 3.8) is 0 Å². The third-order valence-electron chi connectivity index (χ3n) is 3.14. The standard InChI is InChI=1S/C13H19BrN2/c14-12-10-11(6-7-15)4-5-13(12)16-8-2-1-3-9-16/h4-5,10H,1-3,6-9,15H2. The molecule has 88 valence electrons. The summed E-state index contributed by atoms with van der Waals surface area (Å²) in [7, 11) is 0. The van der Waals surface area contributed by atoms with Crippen LogP contribution in [0.2, 0.25) is 0 Å². The molecule has 0 unspecified atom stereocenters. The number of halogens is 1. The maximum atomic E-state index is 5.57. The highest BCUT2D eigenvalue weighted by molar-refractivity contribution is 9.10. The van der Waals surface area contributed by atoms with Crippen molar-refractivity contribution >= 4 is 21.6 Å². The number of hydrogen-bond donors (Lipinski definition) is 1. The molecule has 1 aromatic carbocycles. The number of rotatable bonds is 3. The lowest BCUT2D eigenvalue weighted by molar-refractivity contribution is 0.577. The average Bonchev–Trinajstić information content (AvgIpc) is 2.31. The first-order chi connectivity index (χ1) is 7.81. The van der Waals surface area contributed by atoms with Gasteiger partial charge in [0.25, 0.3) is 0 Å². The molecular weight excluding hydrogens is 264 g/mol. The van der Waals surface area contributed by atoms with Crippen LogP contribution in [0.25, 0.3) is 0 Å². The highest BCUT2D eigenvalue weighted by Crippen LogP contribution is 2.29. The van der Waals surface area contributed by atoms with Crippen molar-refractivity contribution in [3.05, 3.63) is 28.2 Å². The number of piperidine rings is 1. The van der Waals surface area contributed by atoms with Gasteiger partial charge in [-0.05, 0) is 65.9 Å². The summed E-state index contributed by atoms with van der Waals surface area (Å²) in [6.07, 6.45) is 4.96. The van der Waals surface area contributed by atoms with Gasteiger partial charge in [-0.2, -0.15) is 0 Å². The topological polar surface area (TPSA) is 29.3 Å². The zero-order valence-electron chi connectivity index (χ0n) is 9.58. The van der Waals surface area contributed by atoms with Crippen LogP contribution in [0.1, 0.15) is 24.8 Å². The molecule has 1 heterocycles. The molecule has 0 saturated carbocycles. The molecule has 0 bridgehead atoms. The van der Waals surface area contributed by atoms with Gasteiger partial charge >= 0.3 is 0 Å². The third kappa shape index (κ3) is 2.77. The summed E-state index contributed by atoms with van der Waals surface area (Å²) in [4.78, 5) is 2.47. The lowest BCUT2D eigenvalue weighted by Crippen LogP contribution is -2.29. The largest absolute Gasteiger partial charge is 0.371 e. The number of hydrogen-bond acceptors (Lipinski definition) is 2. The highest BCUT2D eigenvalue weighted by Gasteiger charge is 2.13. The number of nitrogens with two attached hydrogens (primary N) is 1. The van der Waals surface area contributed by atoms with Gasteiger partial charge in [-0.3, -0.25) is 0 Å². The van der Waals surface area contributed by atoms with Crippen molar-refractivity contribution in [1.29, 1.82) is 0 Å². The molecule has 1 saturated heterocycles. The molecule has 16 heavy (non-hydrogen) atoms.